The molecule has 9 heteroatoms. The van der Waals surface area contributed by atoms with Gasteiger partial charge in [-0.25, -0.2) is 4.79 Å². The zero-order valence-electron chi connectivity index (χ0n) is 19.9. The number of carbonyl (C=O) groups is 2. The molecule has 2 atom stereocenters. The molecule has 0 spiro atoms. The number of carbonyl (C=O) groups excluding carboxylic acids is 2. The summed E-state index contributed by atoms with van der Waals surface area (Å²) < 4.78 is 5.42. The summed E-state index contributed by atoms with van der Waals surface area (Å²) in [7, 11) is -1.60. The van der Waals surface area contributed by atoms with Crippen molar-refractivity contribution >= 4 is 19.1 Å². The summed E-state index contributed by atoms with van der Waals surface area (Å²) in [6.07, 6.45) is 3.27. The van der Waals surface area contributed by atoms with E-state index < -0.39 is 19.3 Å². The van der Waals surface area contributed by atoms with Crippen LogP contribution < -0.4 is 5.32 Å². The SMILES string of the molecule is Cc1ccc([C@@H](CB(O)O)NC(=O)OC[C@H]2CCCCN2C(=O)C(C#N)=CC(C)(C)C)cc1. The number of likely N-dealkylation sites (tertiary alicyclic amines) is 1. The predicted molar refractivity (Wildman–Crippen MR) is 126 cm³/mol. The predicted octanol–water partition coefficient (Wildman–Crippen LogP) is 3.11. The maximum atomic E-state index is 13.0. The van der Waals surface area contributed by atoms with E-state index in [2.05, 4.69) is 5.32 Å². The van der Waals surface area contributed by atoms with Gasteiger partial charge in [0.05, 0.1) is 12.1 Å². The van der Waals surface area contributed by atoms with Crippen LogP contribution in [0.15, 0.2) is 35.9 Å². The van der Waals surface area contributed by atoms with Gasteiger partial charge in [-0.1, -0.05) is 56.7 Å². The minimum absolute atomic E-state index is 0.00586. The number of alkyl carbamates (subject to hydrolysis) is 1. The molecule has 1 fully saturated rings. The zero-order valence-corrected chi connectivity index (χ0v) is 19.9. The van der Waals surface area contributed by atoms with Crippen LogP contribution in [0.4, 0.5) is 4.79 Å². The van der Waals surface area contributed by atoms with Gasteiger partial charge < -0.3 is 25.0 Å². The first kappa shape index (κ1) is 26.4. The van der Waals surface area contributed by atoms with Gasteiger partial charge in [-0.05, 0) is 37.2 Å². The number of nitrogens with one attached hydrogen (secondary N) is 1. The Morgan fingerprint density at radius 1 is 1.30 bits per heavy atom. The molecular weight excluding hydrogens is 421 g/mol. The number of ether oxygens (including phenoxy) is 1. The Kier molecular flexibility index (Phi) is 9.50. The van der Waals surface area contributed by atoms with Crippen LogP contribution in [0.2, 0.25) is 6.32 Å². The van der Waals surface area contributed by atoms with E-state index in [1.165, 1.54) is 0 Å². The van der Waals surface area contributed by atoms with E-state index in [1.54, 1.807) is 11.0 Å². The lowest BCUT2D eigenvalue weighted by atomic mass is 9.79. The van der Waals surface area contributed by atoms with E-state index in [4.69, 9.17) is 4.74 Å². The van der Waals surface area contributed by atoms with Crippen molar-refractivity contribution in [2.24, 2.45) is 5.41 Å². The molecule has 0 radical (unpaired) electrons. The standard InChI is InChI=1S/C24H34BN3O5/c1-17-8-10-18(11-9-17)21(14-25(31)32)27-23(30)33-16-20-7-5-6-12-28(20)22(29)19(15-26)13-24(2,3)4/h8-11,13,20-21,31-32H,5-7,12,14,16H2,1-4H3,(H,27,30)/t20-,21-/m1/s1. The maximum Gasteiger partial charge on any atom is 0.453 e. The number of amides is 2. The molecule has 0 aliphatic carbocycles. The van der Waals surface area contributed by atoms with Crippen LogP contribution in [-0.2, 0) is 9.53 Å². The molecule has 2 amide bonds. The highest BCUT2D eigenvalue weighted by Crippen LogP contribution is 2.24. The summed E-state index contributed by atoms with van der Waals surface area (Å²) in [6, 6.07) is 8.43. The minimum Gasteiger partial charge on any atom is -0.447 e. The highest BCUT2D eigenvalue weighted by Gasteiger charge is 2.31. The maximum absolute atomic E-state index is 13.0. The fourth-order valence-electron chi connectivity index (χ4n) is 3.81. The summed E-state index contributed by atoms with van der Waals surface area (Å²) in [5.41, 5.74) is 1.55. The summed E-state index contributed by atoms with van der Waals surface area (Å²) in [5, 5.41) is 31.0. The first-order valence-corrected chi connectivity index (χ1v) is 11.3. The molecule has 0 unspecified atom stereocenters. The number of piperidine rings is 1. The Morgan fingerprint density at radius 2 is 1.97 bits per heavy atom. The number of nitrogens with zero attached hydrogens (tertiary/aromatic N) is 2. The van der Waals surface area contributed by atoms with E-state index in [0.29, 0.717) is 13.0 Å². The van der Waals surface area contributed by atoms with Crippen molar-refractivity contribution in [2.45, 2.75) is 65.4 Å². The van der Waals surface area contributed by atoms with Gasteiger partial charge >= 0.3 is 13.2 Å². The van der Waals surface area contributed by atoms with Gasteiger partial charge in [0.1, 0.15) is 18.2 Å². The Balaban J connectivity index is 2.05. The van der Waals surface area contributed by atoms with E-state index >= 15 is 0 Å². The lowest BCUT2D eigenvalue weighted by Crippen LogP contribution is -2.47. The van der Waals surface area contributed by atoms with Gasteiger partial charge in [-0.15, -0.1) is 0 Å². The van der Waals surface area contributed by atoms with E-state index in [9.17, 15) is 24.9 Å². The quantitative estimate of drug-likeness (QED) is 0.330. The van der Waals surface area contributed by atoms with Gasteiger partial charge in [0, 0.05) is 12.9 Å². The smallest absolute Gasteiger partial charge is 0.447 e. The molecule has 0 bridgehead atoms. The second-order valence-electron chi connectivity index (χ2n) is 9.61. The van der Waals surface area contributed by atoms with Crippen LogP contribution in [0.25, 0.3) is 0 Å². The molecule has 0 aromatic heterocycles. The number of nitriles is 1. The molecule has 178 valence electrons. The Bertz CT molecular complexity index is 887. The van der Waals surface area contributed by atoms with Crippen LogP contribution in [-0.4, -0.2) is 53.3 Å². The Hall–Kier alpha value is -2.83. The molecule has 1 aromatic carbocycles. The summed E-state index contributed by atoms with van der Waals surface area (Å²) in [6.45, 7) is 8.20. The van der Waals surface area contributed by atoms with Crippen molar-refractivity contribution in [3.8, 4) is 6.07 Å². The normalized spacial score (nSPS) is 17.7. The minimum atomic E-state index is -1.60. The van der Waals surface area contributed by atoms with Crippen LogP contribution >= 0.6 is 0 Å². The van der Waals surface area contributed by atoms with Crippen molar-refractivity contribution in [2.75, 3.05) is 13.2 Å². The lowest BCUT2D eigenvalue weighted by Gasteiger charge is -2.35. The molecule has 2 rings (SSSR count). The third-order valence-corrected chi connectivity index (χ3v) is 5.44. The Labute approximate surface area is 196 Å². The molecule has 3 N–H and O–H groups in total. The van der Waals surface area contributed by atoms with Crippen LogP contribution in [0.3, 0.4) is 0 Å². The summed E-state index contributed by atoms with van der Waals surface area (Å²) >= 11 is 0. The molecule has 1 heterocycles. The number of aryl methyl sites for hydroxylation is 1. The van der Waals surface area contributed by atoms with Crippen LogP contribution in [0.5, 0.6) is 0 Å². The molecule has 1 saturated heterocycles. The largest absolute Gasteiger partial charge is 0.453 e. The van der Waals surface area contributed by atoms with E-state index in [0.717, 1.165) is 24.0 Å². The monoisotopic (exact) mass is 455 g/mol. The van der Waals surface area contributed by atoms with Crippen LogP contribution in [0.1, 0.15) is 57.2 Å². The van der Waals surface area contributed by atoms with Crippen molar-refractivity contribution in [3.05, 3.63) is 47.0 Å². The first-order valence-electron chi connectivity index (χ1n) is 11.3. The second kappa shape index (κ2) is 11.9. The molecule has 8 nitrogen and oxygen atoms in total. The van der Waals surface area contributed by atoms with Gasteiger partial charge in [0.15, 0.2) is 0 Å². The van der Waals surface area contributed by atoms with E-state index in [1.807, 2.05) is 58.0 Å². The van der Waals surface area contributed by atoms with Gasteiger partial charge in [0.2, 0.25) is 0 Å². The number of hydrogen-bond acceptors (Lipinski definition) is 6. The van der Waals surface area contributed by atoms with Crippen LogP contribution in [0, 0.1) is 23.7 Å². The average Bonchev–Trinajstić information content (AvgIpc) is 2.75. The third kappa shape index (κ3) is 8.56. The lowest BCUT2D eigenvalue weighted by molar-refractivity contribution is -0.131. The number of allylic oxidation sites excluding steroid dienone is 1. The molecular formula is C24H34BN3O5. The number of hydrogen-bond donors (Lipinski definition) is 3. The van der Waals surface area contributed by atoms with E-state index in [-0.39, 0.29) is 35.9 Å². The summed E-state index contributed by atoms with van der Waals surface area (Å²) in [5.74, 6) is -0.345. The molecule has 1 aliphatic rings. The van der Waals surface area contributed by atoms with Gasteiger partial charge in [-0.2, -0.15) is 5.26 Å². The second-order valence-corrected chi connectivity index (χ2v) is 9.61. The molecule has 33 heavy (non-hydrogen) atoms. The average molecular weight is 455 g/mol. The zero-order chi connectivity index (χ0) is 24.6. The molecule has 1 aromatic rings. The summed E-state index contributed by atoms with van der Waals surface area (Å²) in [4.78, 5) is 27.1. The molecule has 0 saturated carbocycles. The number of benzene rings is 1. The van der Waals surface area contributed by atoms with Crippen molar-refractivity contribution in [1.29, 1.82) is 5.26 Å². The van der Waals surface area contributed by atoms with Crippen molar-refractivity contribution in [1.82, 2.24) is 10.2 Å². The van der Waals surface area contributed by atoms with Crippen molar-refractivity contribution in [3.63, 3.8) is 0 Å². The fraction of sp³-hybridized carbons (Fsp3) is 0.542. The topological polar surface area (TPSA) is 123 Å². The highest BCUT2D eigenvalue weighted by atomic mass is 16.5. The highest BCUT2D eigenvalue weighted by molar-refractivity contribution is 6.41. The first-order chi connectivity index (χ1) is 15.5. The molecule has 1 aliphatic heterocycles. The van der Waals surface area contributed by atoms with Gasteiger partial charge in [0.25, 0.3) is 5.91 Å². The van der Waals surface area contributed by atoms with Crippen molar-refractivity contribution < 1.29 is 24.4 Å². The fourth-order valence-corrected chi connectivity index (χ4v) is 3.81. The number of rotatable bonds is 7. The van der Waals surface area contributed by atoms with Gasteiger partial charge in [-0.3, -0.25) is 4.79 Å². The Morgan fingerprint density at radius 3 is 2.55 bits per heavy atom. The third-order valence-electron chi connectivity index (χ3n) is 5.44.